The van der Waals surface area contributed by atoms with E-state index in [2.05, 4.69) is 5.22 Å². The number of hydrogen-bond acceptors (Lipinski definition) is 5. The van der Waals surface area contributed by atoms with Gasteiger partial charge in [0.05, 0.1) is 12.8 Å². The predicted octanol–water partition coefficient (Wildman–Crippen LogP) is 2.03. The Balaban J connectivity index is 3.17. The molecule has 0 spiro atoms. The van der Waals surface area contributed by atoms with E-state index in [0.717, 1.165) is 5.01 Å². The summed E-state index contributed by atoms with van der Waals surface area (Å²) < 4.78 is 5.03. The van der Waals surface area contributed by atoms with Crippen LogP contribution in [-0.2, 0) is 0 Å². The number of amidine groups is 1. The lowest BCUT2D eigenvalue weighted by Crippen LogP contribution is -2.20. The highest BCUT2D eigenvalue weighted by Crippen LogP contribution is 2.25. The van der Waals surface area contributed by atoms with E-state index in [0.29, 0.717) is 17.1 Å². The summed E-state index contributed by atoms with van der Waals surface area (Å²) in [5.41, 5.74) is 13.6. The zero-order valence-electron chi connectivity index (χ0n) is 8.61. The Morgan fingerprint density at radius 2 is 2.13 bits per heavy atom. The average molecular weight is 207 g/mol. The first-order chi connectivity index (χ1) is 7.08. The van der Waals surface area contributed by atoms with E-state index in [-0.39, 0.29) is 5.84 Å². The maximum absolute atomic E-state index is 7.42. The van der Waals surface area contributed by atoms with E-state index in [4.69, 9.17) is 21.4 Å². The molecule has 1 aromatic rings. The van der Waals surface area contributed by atoms with Crippen LogP contribution in [0.15, 0.2) is 23.4 Å². The quantitative estimate of drug-likeness (QED) is 0.232. The van der Waals surface area contributed by atoms with Crippen molar-refractivity contribution in [2.45, 2.75) is 6.92 Å². The van der Waals surface area contributed by atoms with Crippen LogP contribution in [0, 0.1) is 10.9 Å². The highest BCUT2D eigenvalue weighted by atomic mass is 16.5. The second kappa shape index (κ2) is 4.41. The van der Waals surface area contributed by atoms with Gasteiger partial charge in [-0.3, -0.25) is 5.41 Å². The molecule has 0 bridgehead atoms. The summed E-state index contributed by atoms with van der Waals surface area (Å²) in [6.07, 6.45) is 0. The molecule has 0 radical (unpaired) electrons. The van der Waals surface area contributed by atoms with E-state index in [1.54, 1.807) is 18.2 Å². The minimum atomic E-state index is 0.137. The Morgan fingerprint density at radius 1 is 1.47 bits per heavy atom. The summed E-state index contributed by atoms with van der Waals surface area (Å²) in [5.74, 6) is 0.706. The van der Waals surface area contributed by atoms with Gasteiger partial charge in [0.25, 0.3) is 0 Å². The zero-order valence-corrected chi connectivity index (χ0v) is 8.61. The summed E-state index contributed by atoms with van der Waals surface area (Å²) in [6.45, 7) is 1.54. The van der Waals surface area contributed by atoms with Gasteiger partial charge in [0, 0.05) is 17.8 Å². The molecule has 0 aliphatic rings. The number of rotatable bonds is 3. The largest absolute Gasteiger partial charge is 0.497 e. The first kappa shape index (κ1) is 11.0. The number of methoxy groups -OCH3 is 1. The molecule has 15 heavy (non-hydrogen) atoms. The molecular formula is C9H13N5O. The molecule has 6 nitrogen and oxygen atoms in total. The number of benzene rings is 1. The molecule has 0 unspecified atom stereocenters. The fourth-order valence-electron chi connectivity index (χ4n) is 1.17. The number of hydrogen-bond donors (Lipinski definition) is 3. The summed E-state index contributed by atoms with van der Waals surface area (Å²) in [4.78, 5) is 0. The molecule has 1 aromatic carbocycles. The maximum atomic E-state index is 7.42. The van der Waals surface area contributed by atoms with Gasteiger partial charge < -0.3 is 10.5 Å². The van der Waals surface area contributed by atoms with Crippen LogP contribution in [0.1, 0.15) is 6.92 Å². The second-order valence-electron chi connectivity index (χ2n) is 2.96. The minimum absolute atomic E-state index is 0.137. The summed E-state index contributed by atoms with van der Waals surface area (Å²) in [6, 6.07) is 4.94. The van der Waals surface area contributed by atoms with Crippen LogP contribution in [-0.4, -0.2) is 12.9 Å². The molecule has 0 heterocycles. The first-order valence-corrected chi connectivity index (χ1v) is 4.25. The van der Waals surface area contributed by atoms with E-state index in [1.165, 1.54) is 14.0 Å². The van der Waals surface area contributed by atoms with E-state index in [1.807, 2.05) is 0 Å². The predicted molar refractivity (Wildman–Crippen MR) is 58.4 cm³/mol. The molecular weight excluding hydrogens is 194 g/mol. The summed E-state index contributed by atoms with van der Waals surface area (Å²) in [5, 5.41) is 11.8. The van der Waals surface area contributed by atoms with Gasteiger partial charge in [-0.1, -0.05) is 5.22 Å². The third-order valence-electron chi connectivity index (χ3n) is 1.81. The molecule has 0 saturated carbocycles. The fourth-order valence-corrected chi connectivity index (χ4v) is 1.17. The number of nitrogen functional groups attached to an aromatic ring is 1. The van der Waals surface area contributed by atoms with Gasteiger partial charge in [0.1, 0.15) is 11.6 Å². The molecule has 4 N–H and O–H groups in total. The van der Waals surface area contributed by atoms with E-state index < -0.39 is 0 Å². The second-order valence-corrected chi connectivity index (χ2v) is 2.96. The van der Waals surface area contributed by atoms with E-state index >= 15 is 0 Å². The van der Waals surface area contributed by atoms with Crippen LogP contribution in [0.3, 0.4) is 0 Å². The number of nitrogens with one attached hydrogen (secondary N) is 2. The van der Waals surface area contributed by atoms with Crippen molar-refractivity contribution in [1.29, 1.82) is 10.9 Å². The number of ether oxygens (including phenoxy) is 1. The standard InChI is InChI=1S/C9H13N5O/c1-6(10)14(13-12)8-3-7(11)4-9(5-8)15-2/h3-5,10,12H,11H2,1-2H3. The summed E-state index contributed by atoms with van der Waals surface area (Å²) >= 11 is 0. The van der Waals surface area contributed by atoms with Crippen molar-refractivity contribution in [3.05, 3.63) is 18.2 Å². The van der Waals surface area contributed by atoms with Crippen molar-refractivity contribution >= 4 is 17.2 Å². The van der Waals surface area contributed by atoms with Crippen molar-refractivity contribution < 1.29 is 4.74 Å². The molecule has 0 aliphatic heterocycles. The third-order valence-corrected chi connectivity index (χ3v) is 1.81. The molecule has 1 rings (SSSR count). The van der Waals surface area contributed by atoms with Gasteiger partial charge in [-0.2, -0.15) is 5.53 Å². The molecule has 6 heteroatoms. The van der Waals surface area contributed by atoms with Crippen LogP contribution in [0.2, 0.25) is 0 Å². The van der Waals surface area contributed by atoms with Gasteiger partial charge in [-0.05, 0) is 13.0 Å². The van der Waals surface area contributed by atoms with Gasteiger partial charge in [0.15, 0.2) is 0 Å². The first-order valence-electron chi connectivity index (χ1n) is 4.25. The van der Waals surface area contributed by atoms with Crippen molar-refractivity contribution in [1.82, 2.24) is 0 Å². The Labute approximate surface area is 87.6 Å². The number of anilines is 2. The van der Waals surface area contributed by atoms with Crippen molar-refractivity contribution in [2.24, 2.45) is 5.22 Å². The Bertz CT molecular complexity index is 390. The molecule has 0 atom stereocenters. The maximum Gasteiger partial charge on any atom is 0.123 e. The monoisotopic (exact) mass is 207 g/mol. The van der Waals surface area contributed by atoms with Gasteiger partial charge in [-0.15, -0.1) is 0 Å². The van der Waals surface area contributed by atoms with Gasteiger partial charge in [-0.25, -0.2) is 5.01 Å². The van der Waals surface area contributed by atoms with Crippen molar-refractivity contribution in [2.75, 3.05) is 17.9 Å². The SMILES string of the molecule is COc1cc(N)cc(N(N=N)C(C)=N)c1. The van der Waals surface area contributed by atoms with Crippen LogP contribution in [0.5, 0.6) is 5.75 Å². The average Bonchev–Trinajstić information content (AvgIpc) is 2.17. The molecule has 0 fully saturated rings. The Hall–Kier alpha value is -2.11. The molecule has 0 saturated heterocycles. The number of nitrogens with two attached hydrogens (primary N) is 1. The lowest BCUT2D eigenvalue weighted by atomic mass is 10.2. The minimum Gasteiger partial charge on any atom is -0.497 e. The molecule has 0 amide bonds. The van der Waals surface area contributed by atoms with Gasteiger partial charge in [0.2, 0.25) is 0 Å². The lowest BCUT2D eigenvalue weighted by molar-refractivity contribution is 0.415. The molecule has 0 aromatic heterocycles. The number of nitrogens with zero attached hydrogens (tertiary/aromatic N) is 2. The van der Waals surface area contributed by atoms with Crippen molar-refractivity contribution in [3.8, 4) is 5.75 Å². The highest BCUT2D eigenvalue weighted by molar-refractivity contribution is 5.93. The third kappa shape index (κ3) is 2.43. The Morgan fingerprint density at radius 3 is 2.60 bits per heavy atom. The molecule has 80 valence electrons. The van der Waals surface area contributed by atoms with Crippen LogP contribution in [0.25, 0.3) is 0 Å². The zero-order chi connectivity index (χ0) is 11.4. The Kier molecular flexibility index (Phi) is 3.22. The normalized spacial score (nSPS) is 9.47. The lowest BCUT2D eigenvalue weighted by Gasteiger charge is -2.16. The van der Waals surface area contributed by atoms with E-state index in [9.17, 15) is 0 Å². The van der Waals surface area contributed by atoms with Crippen LogP contribution in [0.4, 0.5) is 11.4 Å². The van der Waals surface area contributed by atoms with Crippen LogP contribution < -0.4 is 15.5 Å². The van der Waals surface area contributed by atoms with Crippen molar-refractivity contribution in [3.63, 3.8) is 0 Å². The highest BCUT2D eigenvalue weighted by Gasteiger charge is 2.09. The smallest absolute Gasteiger partial charge is 0.123 e. The topological polar surface area (TPSA) is 98.6 Å². The van der Waals surface area contributed by atoms with Crippen LogP contribution >= 0.6 is 0 Å². The fraction of sp³-hybridized carbons (Fsp3) is 0.222. The summed E-state index contributed by atoms with van der Waals surface area (Å²) in [7, 11) is 1.53. The van der Waals surface area contributed by atoms with Gasteiger partial charge >= 0.3 is 0 Å². The molecule has 0 aliphatic carbocycles.